The number of halogens is 1. The highest BCUT2D eigenvalue weighted by Crippen LogP contribution is 2.25. The Hall–Kier alpha value is -3.91. The van der Waals surface area contributed by atoms with Crippen LogP contribution < -0.4 is 10.9 Å². The van der Waals surface area contributed by atoms with Crippen molar-refractivity contribution < 1.29 is 18.8 Å². The lowest BCUT2D eigenvalue weighted by Crippen LogP contribution is -2.16. The first-order chi connectivity index (χ1) is 15.3. The standard InChI is InChI=1S/C23H18ClN3O5/c1-13-5-3-4-6-17(13)22(29)26-19-10-15(7-8-18(19)24)23(30)31-12-16-11-21(28)27-20(25-16)9-14(2)32-27/h3-11H,12H2,1-2H3,(H,26,29). The van der Waals surface area contributed by atoms with Crippen LogP contribution in [0.1, 0.15) is 37.7 Å². The van der Waals surface area contributed by atoms with Crippen LogP contribution in [0.25, 0.3) is 5.65 Å². The highest BCUT2D eigenvalue weighted by Gasteiger charge is 2.15. The molecule has 2 aromatic heterocycles. The number of ether oxygens (including phenoxy) is 1. The van der Waals surface area contributed by atoms with Crippen LogP contribution in [0.4, 0.5) is 5.69 Å². The Morgan fingerprint density at radius 3 is 2.69 bits per heavy atom. The van der Waals surface area contributed by atoms with E-state index in [0.717, 1.165) is 10.1 Å². The fraction of sp³-hybridized carbons (Fsp3) is 0.130. The van der Waals surface area contributed by atoms with Gasteiger partial charge in [0, 0.05) is 17.7 Å². The van der Waals surface area contributed by atoms with Gasteiger partial charge in [0.05, 0.1) is 22.0 Å². The summed E-state index contributed by atoms with van der Waals surface area (Å²) >= 11 is 6.20. The van der Waals surface area contributed by atoms with Crippen LogP contribution in [0.2, 0.25) is 5.02 Å². The third-order valence-electron chi connectivity index (χ3n) is 4.72. The SMILES string of the molecule is Cc1cc2nc(COC(=O)c3ccc(Cl)c(NC(=O)c4ccccc4C)c3)cc(=O)n2o1. The molecule has 0 aliphatic carbocycles. The summed E-state index contributed by atoms with van der Waals surface area (Å²) in [4.78, 5) is 41.5. The van der Waals surface area contributed by atoms with Gasteiger partial charge in [-0.1, -0.05) is 29.8 Å². The van der Waals surface area contributed by atoms with Gasteiger partial charge in [0.25, 0.3) is 11.5 Å². The monoisotopic (exact) mass is 451 g/mol. The van der Waals surface area contributed by atoms with Crippen molar-refractivity contribution in [2.24, 2.45) is 0 Å². The van der Waals surface area contributed by atoms with Crippen molar-refractivity contribution in [2.75, 3.05) is 5.32 Å². The summed E-state index contributed by atoms with van der Waals surface area (Å²) in [5.74, 6) is -0.465. The van der Waals surface area contributed by atoms with Crippen LogP contribution >= 0.6 is 11.6 Å². The maximum absolute atomic E-state index is 12.6. The van der Waals surface area contributed by atoms with Crippen molar-refractivity contribution in [1.29, 1.82) is 0 Å². The zero-order chi connectivity index (χ0) is 22.8. The molecular weight excluding hydrogens is 434 g/mol. The minimum absolute atomic E-state index is 0.187. The quantitative estimate of drug-likeness (QED) is 0.457. The number of carbonyl (C=O) groups excluding carboxylic acids is 2. The Bertz CT molecular complexity index is 1410. The van der Waals surface area contributed by atoms with E-state index in [1.165, 1.54) is 24.3 Å². The normalized spacial score (nSPS) is 10.8. The number of aryl methyl sites for hydroxylation is 2. The van der Waals surface area contributed by atoms with Crippen molar-refractivity contribution in [3.8, 4) is 0 Å². The molecule has 4 aromatic rings. The Kier molecular flexibility index (Phi) is 5.79. The molecule has 0 saturated carbocycles. The van der Waals surface area contributed by atoms with Gasteiger partial charge in [0.2, 0.25) is 0 Å². The summed E-state index contributed by atoms with van der Waals surface area (Å²) in [6.45, 7) is 3.32. The molecular formula is C23H18ClN3O5. The number of nitrogens with zero attached hydrogens (tertiary/aromatic N) is 2. The molecule has 0 unspecified atom stereocenters. The van der Waals surface area contributed by atoms with Gasteiger partial charge in [0.1, 0.15) is 12.4 Å². The number of hydrogen-bond acceptors (Lipinski definition) is 6. The average Bonchev–Trinajstić information content (AvgIpc) is 3.14. The molecule has 0 radical (unpaired) electrons. The number of carbonyl (C=O) groups is 2. The summed E-state index contributed by atoms with van der Waals surface area (Å²) in [5.41, 5.74) is 1.97. The second kappa shape index (κ2) is 8.68. The summed E-state index contributed by atoms with van der Waals surface area (Å²) < 4.78 is 11.6. The molecule has 1 amide bonds. The Morgan fingerprint density at radius 1 is 1.12 bits per heavy atom. The van der Waals surface area contributed by atoms with Crippen LogP contribution in [0.5, 0.6) is 0 Å². The number of amides is 1. The van der Waals surface area contributed by atoms with Gasteiger partial charge in [-0.05, 0) is 43.7 Å². The molecule has 8 nitrogen and oxygen atoms in total. The van der Waals surface area contributed by atoms with Crippen molar-refractivity contribution in [3.63, 3.8) is 0 Å². The second-order valence-corrected chi connectivity index (χ2v) is 7.53. The maximum atomic E-state index is 12.6. The first kappa shape index (κ1) is 21.3. The predicted molar refractivity (Wildman–Crippen MR) is 118 cm³/mol. The van der Waals surface area contributed by atoms with Gasteiger partial charge in [0.15, 0.2) is 5.65 Å². The lowest BCUT2D eigenvalue weighted by molar-refractivity contribution is 0.0467. The van der Waals surface area contributed by atoms with Crippen LogP contribution in [-0.2, 0) is 11.3 Å². The second-order valence-electron chi connectivity index (χ2n) is 7.12. The summed E-state index contributed by atoms with van der Waals surface area (Å²) in [6, 6.07) is 14.4. The molecule has 0 spiro atoms. The van der Waals surface area contributed by atoms with Gasteiger partial charge in [-0.3, -0.25) is 9.59 Å². The number of fused-ring (bicyclic) bond motifs is 1. The lowest BCUT2D eigenvalue weighted by Gasteiger charge is -2.11. The van der Waals surface area contributed by atoms with E-state index in [9.17, 15) is 14.4 Å². The van der Waals surface area contributed by atoms with E-state index in [1.807, 2.05) is 19.1 Å². The third kappa shape index (κ3) is 4.40. The first-order valence-corrected chi connectivity index (χ1v) is 10.0. The third-order valence-corrected chi connectivity index (χ3v) is 5.04. The molecule has 0 saturated heterocycles. The molecule has 0 aliphatic heterocycles. The highest BCUT2D eigenvalue weighted by atomic mass is 35.5. The van der Waals surface area contributed by atoms with Crippen molar-refractivity contribution in [2.45, 2.75) is 20.5 Å². The lowest BCUT2D eigenvalue weighted by atomic mass is 10.1. The molecule has 9 heteroatoms. The minimum Gasteiger partial charge on any atom is -0.456 e. The Labute approximate surface area is 187 Å². The smallest absolute Gasteiger partial charge is 0.338 e. The number of nitrogens with one attached hydrogen (secondary N) is 1. The fourth-order valence-corrected chi connectivity index (χ4v) is 3.30. The van der Waals surface area contributed by atoms with E-state index in [1.54, 1.807) is 25.1 Å². The topological polar surface area (TPSA) is 103 Å². The average molecular weight is 452 g/mol. The van der Waals surface area contributed by atoms with E-state index < -0.39 is 11.5 Å². The number of anilines is 1. The zero-order valence-electron chi connectivity index (χ0n) is 17.2. The zero-order valence-corrected chi connectivity index (χ0v) is 18.0. The van der Waals surface area contributed by atoms with E-state index in [-0.39, 0.29) is 34.5 Å². The number of aromatic nitrogens is 2. The number of esters is 1. The molecule has 0 fully saturated rings. The largest absolute Gasteiger partial charge is 0.456 e. The first-order valence-electron chi connectivity index (χ1n) is 9.65. The highest BCUT2D eigenvalue weighted by molar-refractivity contribution is 6.34. The van der Waals surface area contributed by atoms with Crippen LogP contribution in [-0.4, -0.2) is 21.4 Å². The molecule has 0 aliphatic rings. The number of hydrogen-bond donors (Lipinski definition) is 1. The summed E-state index contributed by atoms with van der Waals surface area (Å²) in [7, 11) is 0. The summed E-state index contributed by atoms with van der Waals surface area (Å²) in [6.07, 6.45) is 0. The van der Waals surface area contributed by atoms with E-state index in [4.69, 9.17) is 20.9 Å². The molecule has 2 aromatic carbocycles. The van der Waals surface area contributed by atoms with Gasteiger partial charge < -0.3 is 14.6 Å². The molecule has 0 atom stereocenters. The molecule has 1 N–H and O–H groups in total. The predicted octanol–water partition coefficient (Wildman–Crippen LogP) is 4.17. The molecule has 162 valence electrons. The molecule has 2 heterocycles. The Morgan fingerprint density at radius 2 is 1.91 bits per heavy atom. The van der Waals surface area contributed by atoms with Crippen molar-refractivity contribution in [3.05, 3.63) is 98.1 Å². The molecule has 4 rings (SSSR count). The minimum atomic E-state index is -0.654. The number of benzene rings is 2. The van der Waals surface area contributed by atoms with Gasteiger partial charge >= 0.3 is 5.97 Å². The molecule has 32 heavy (non-hydrogen) atoms. The van der Waals surface area contributed by atoms with Gasteiger partial charge in [-0.2, -0.15) is 0 Å². The van der Waals surface area contributed by atoms with E-state index in [2.05, 4.69) is 10.3 Å². The van der Waals surface area contributed by atoms with Crippen molar-refractivity contribution in [1.82, 2.24) is 9.56 Å². The van der Waals surface area contributed by atoms with E-state index >= 15 is 0 Å². The van der Waals surface area contributed by atoms with Gasteiger partial charge in [-0.25, -0.2) is 9.78 Å². The van der Waals surface area contributed by atoms with Crippen LogP contribution in [0.3, 0.4) is 0 Å². The number of rotatable bonds is 5. The maximum Gasteiger partial charge on any atom is 0.338 e. The van der Waals surface area contributed by atoms with Gasteiger partial charge in [-0.15, -0.1) is 4.57 Å². The van der Waals surface area contributed by atoms with Crippen LogP contribution in [0, 0.1) is 13.8 Å². The molecule has 0 bridgehead atoms. The summed E-state index contributed by atoms with van der Waals surface area (Å²) in [5, 5.41) is 3.00. The van der Waals surface area contributed by atoms with E-state index in [0.29, 0.717) is 17.0 Å². The Balaban J connectivity index is 1.49. The van der Waals surface area contributed by atoms with Crippen molar-refractivity contribution >= 4 is 34.8 Å². The van der Waals surface area contributed by atoms with Crippen LogP contribution in [0.15, 0.2) is 63.9 Å². The fourth-order valence-electron chi connectivity index (χ4n) is 3.14.